The van der Waals surface area contributed by atoms with Gasteiger partial charge in [-0.1, -0.05) is 36.9 Å². The molecule has 3 heteroatoms. The number of fused-ring (bicyclic) bond motifs is 1. The van der Waals surface area contributed by atoms with Crippen LogP contribution < -0.4 is 4.74 Å². The first-order valence-corrected chi connectivity index (χ1v) is 7.40. The Hall–Kier alpha value is -2.94. The van der Waals surface area contributed by atoms with Crippen molar-refractivity contribution in [1.82, 2.24) is 0 Å². The summed E-state index contributed by atoms with van der Waals surface area (Å²) in [6, 6.07) is 14.4. The molecule has 0 saturated heterocycles. The lowest BCUT2D eigenvalue weighted by Crippen LogP contribution is -2.01. The predicted molar refractivity (Wildman–Crippen MR) is 89.6 cm³/mol. The first-order chi connectivity index (χ1) is 11.2. The lowest BCUT2D eigenvalue weighted by Gasteiger charge is -2.04. The molecular weight excluding hydrogens is 288 g/mol. The summed E-state index contributed by atoms with van der Waals surface area (Å²) in [6.07, 6.45) is 3.46. The number of Topliss-reactive ketones (excluding diaryl/α,β-unsaturated/α-hetero) is 1. The first kappa shape index (κ1) is 15.0. The van der Waals surface area contributed by atoms with Crippen molar-refractivity contribution < 1.29 is 14.3 Å². The maximum Gasteiger partial charge on any atom is 0.186 e. The molecule has 0 saturated carbocycles. The van der Waals surface area contributed by atoms with Gasteiger partial charge in [0.15, 0.2) is 11.6 Å². The molecule has 1 aliphatic rings. The third-order valence-corrected chi connectivity index (χ3v) is 3.74. The molecule has 3 rings (SSSR count). The Morgan fingerprint density at radius 2 is 1.87 bits per heavy atom. The lowest BCUT2D eigenvalue weighted by molar-refractivity contribution is -0.112. The van der Waals surface area contributed by atoms with Crippen LogP contribution in [0.2, 0.25) is 0 Å². The van der Waals surface area contributed by atoms with Crippen molar-refractivity contribution >= 4 is 17.1 Å². The number of hydrogen-bond acceptors (Lipinski definition) is 3. The van der Waals surface area contributed by atoms with E-state index in [1.807, 2.05) is 24.3 Å². The number of allylic oxidation sites excluding steroid dienone is 2. The summed E-state index contributed by atoms with van der Waals surface area (Å²) in [5.74, 6) is 0.488. The number of carbonyl (C=O) groups excluding carboxylic acids is 2. The fourth-order valence-electron chi connectivity index (χ4n) is 2.60. The van der Waals surface area contributed by atoms with Gasteiger partial charge in [-0.3, -0.25) is 9.59 Å². The fourth-order valence-corrected chi connectivity index (χ4v) is 2.60. The Morgan fingerprint density at radius 3 is 2.61 bits per heavy atom. The largest absolute Gasteiger partial charge is 0.490 e. The van der Waals surface area contributed by atoms with Crippen LogP contribution in [0.3, 0.4) is 0 Å². The smallest absolute Gasteiger partial charge is 0.186 e. The van der Waals surface area contributed by atoms with Crippen LogP contribution in [0, 0.1) is 0 Å². The summed E-state index contributed by atoms with van der Waals surface area (Å²) in [6.45, 7) is 4.00. The molecule has 2 aromatic carbocycles. The number of rotatable bonds is 5. The minimum atomic E-state index is -0.180. The monoisotopic (exact) mass is 304 g/mol. The molecule has 114 valence electrons. The van der Waals surface area contributed by atoms with Crippen molar-refractivity contribution in [2.24, 2.45) is 0 Å². The topological polar surface area (TPSA) is 43.4 Å². The van der Waals surface area contributed by atoms with Crippen molar-refractivity contribution in [2.75, 3.05) is 6.61 Å². The number of ketones is 2. The second-order valence-corrected chi connectivity index (χ2v) is 5.30. The quantitative estimate of drug-likeness (QED) is 0.481. The minimum Gasteiger partial charge on any atom is -0.490 e. The van der Waals surface area contributed by atoms with E-state index in [-0.39, 0.29) is 11.6 Å². The van der Waals surface area contributed by atoms with Gasteiger partial charge < -0.3 is 4.74 Å². The normalized spacial score (nSPS) is 14.6. The minimum absolute atomic E-state index is 0.00881. The van der Waals surface area contributed by atoms with Crippen molar-refractivity contribution in [3.63, 3.8) is 0 Å². The Morgan fingerprint density at radius 1 is 1.13 bits per heavy atom. The zero-order valence-electron chi connectivity index (χ0n) is 12.6. The van der Waals surface area contributed by atoms with Crippen molar-refractivity contribution in [3.05, 3.63) is 84.0 Å². The van der Waals surface area contributed by atoms with Crippen LogP contribution in [0.5, 0.6) is 5.75 Å². The molecular formula is C20H16O3. The van der Waals surface area contributed by atoms with E-state index in [1.165, 1.54) is 6.08 Å². The van der Waals surface area contributed by atoms with E-state index in [9.17, 15) is 9.59 Å². The molecule has 1 aliphatic carbocycles. The molecule has 2 aromatic rings. The van der Waals surface area contributed by atoms with Crippen LogP contribution in [-0.4, -0.2) is 18.2 Å². The summed E-state index contributed by atoms with van der Waals surface area (Å²) in [7, 11) is 0. The van der Waals surface area contributed by atoms with Gasteiger partial charge in [-0.15, -0.1) is 0 Å². The summed E-state index contributed by atoms with van der Waals surface area (Å²) < 4.78 is 5.39. The highest BCUT2D eigenvalue weighted by molar-refractivity contribution is 6.30. The van der Waals surface area contributed by atoms with Crippen molar-refractivity contribution in [1.29, 1.82) is 0 Å². The highest BCUT2D eigenvalue weighted by atomic mass is 16.5. The summed E-state index contributed by atoms with van der Waals surface area (Å²) in [5.41, 5.74) is 2.86. The molecule has 0 aromatic heterocycles. The summed E-state index contributed by atoms with van der Waals surface area (Å²) >= 11 is 0. The van der Waals surface area contributed by atoms with Crippen LogP contribution in [0.25, 0.3) is 5.57 Å². The average molecular weight is 304 g/mol. The third kappa shape index (κ3) is 3.14. The predicted octanol–water partition coefficient (Wildman–Crippen LogP) is 3.64. The van der Waals surface area contributed by atoms with E-state index < -0.39 is 0 Å². The number of hydrogen-bond donors (Lipinski definition) is 0. The maximum atomic E-state index is 12.4. The highest BCUT2D eigenvalue weighted by Crippen LogP contribution is 2.29. The number of carbonyl (C=O) groups is 2. The second-order valence-electron chi connectivity index (χ2n) is 5.30. The summed E-state index contributed by atoms with van der Waals surface area (Å²) in [5, 5.41) is 0. The van der Waals surface area contributed by atoms with Crippen molar-refractivity contribution in [3.8, 4) is 5.75 Å². The molecule has 23 heavy (non-hydrogen) atoms. The van der Waals surface area contributed by atoms with E-state index in [2.05, 4.69) is 6.58 Å². The van der Waals surface area contributed by atoms with Gasteiger partial charge in [-0.25, -0.2) is 0 Å². The summed E-state index contributed by atoms with van der Waals surface area (Å²) in [4.78, 5) is 24.5. The number of ether oxygens (including phenoxy) is 1. The third-order valence-electron chi connectivity index (χ3n) is 3.74. The van der Waals surface area contributed by atoms with Crippen LogP contribution in [0.15, 0.2) is 67.3 Å². The first-order valence-electron chi connectivity index (χ1n) is 7.40. The molecule has 0 fully saturated rings. The van der Waals surface area contributed by atoms with Gasteiger partial charge >= 0.3 is 0 Å². The second kappa shape index (κ2) is 6.44. The Labute approximate surface area is 134 Å². The molecule has 0 bridgehead atoms. The van der Waals surface area contributed by atoms with E-state index in [4.69, 9.17) is 4.74 Å². The average Bonchev–Trinajstić information content (AvgIpc) is 2.89. The van der Waals surface area contributed by atoms with Crippen LogP contribution >= 0.6 is 0 Å². The molecule has 0 radical (unpaired) electrons. The molecule has 0 amide bonds. The van der Waals surface area contributed by atoms with Crippen LogP contribution in [-0.2, 0) is 11.2 Å². The van der Waals surface area contributed by atoms with Gasteiger partial charge in [-0.05, 0) is 41.5 Å². The van der Waals surface area contributed by atoms with Gasteiger partial charge in [0, 0.05) is 17.6 Å². The maximum absolute atomic E-state index is 12.4. The van der Waals surface area contributed by atoms with Gasteiger partial charge in [0.2, 0.25) is 0 Å². The molecule has 0 unspecified atom stereocenters. The van der Waals surface area contributed by atoms with Gasteiger partial charge in [-0.2, -0.15) is 0 Å². The molecule has 0 atom stereocenters. The zero-order valence-corrected chi connectivity index (χ0v) is 12.6. The molecule has 0 spiro atoms. The lowest BCUT2D eigenvalue weighted by atomic mass is 10.0. The van der Waals surface area contributed by atoms with Gasteiger partial charge in [0.25, 0.3) is 0 Å². The van der Waals surface area contributed by atoms with Crippen LogP contribution in [0.1, 0.15) is 21.5 Å². The molecule has 3 nitrogen and oxygen atoms in total. The Balaban J connectivity index is 1.84. The van der Waals surface area contributed by atoms with Gasteiger partial charge in [0.05, 0.1) is 0 Å². The van der Waals surface area contributed by atoms with E-state index in [0.717, 1.165) is 11.1 Å². The molecule has 0 heterocycles. The van der Waals surface area contributed by atoms with Gasteiger partial charge in [0.1, 0.15) is 12.4 Å². The van der Waals surface area contributed by atoms with Crippen LogP contribution in [0.4, 0.5) is 0 Å². The standard InChI is InChI=1S/C20H16O3/c1-2-11-23-16-9-7-14(8-10-16)19(21)13-18-17-6-4-3-5-15(17)12-20(18)22/h2-10,13H,1,11-12H2/b18-13-. The molecule has 0 aliphatic heterocycles. The van der Waals surface area contributed by atoms with Crippen molar-refractivity contribution in [2.45, 2.75) is 6.42 Å². The Kier molecular flexibility index (Phi) is 4.20. The fraction of sp³-hybridized carbons (Fsp3) is 0.100. The molecule has 0 N–H and O–H groups in total. The SMILES string of the molecule is C=CCOc1ccc(C(=O)/C=C2\C(=O)Cc3ccccc32)cc1. The Bertz CT molecular complexity index is 798. The van der Waals surface area contributed by atoms with E-state index in [1.54, 1.807) is 30.3 Å². The zero-order chi connectivity index (χ0) is 16.2. The highest BCUT2D eigenvalue weighted by Gasteiger charge is 2.24. The number of benzene rings is 2. The van der Waals surface area contributed by atoms with E-state index >= 15 is 0 Å². The van der Waals surface area contributed by atoms with E-state index in [0.29, 0.717) is 29.9 Å².